The number of carbonyl (C=O) groups is 1. The lowest BCUT2D eigenvalue weighted by Gasteiger charge is -2.03. The molecule has 0 unspecified atom stereocenters. The van der Waals surface area contributed by atoms with E-state index in [0.717, 1.165) is 12.0 Å². The zero-order valence-electron chi connectivity index (χ0n) is 11.3. The van der Waals surface area contributed by atoms with Crippen LogP contribution in [0.25, 0.3) is 0 Å². The van der Waals surface area contributed by atoms with Gasteiger partial charge in [-0.3, -0.25) is 9.36 Å². The van der Waals surface area contributed by atoms with Crippen LogP contribution < -0.4 is 5.69 Å². The Bertz CT molecular complexity index is 619. The van der Waals surface area contributed by atoms with Crippen molar-refractivity contribution in [2.24, 2.45) is 0 Å². The van der Waals surface area contributed by atoms with Crippen molar-refractivity contribution < 1.29 is 4.79 Å². The molecule has 106 valence electrons. The molecule has 2 rings (SSSR count). The maximum atomic E-state index is 11.9. The van der Waals surface area contributed by atoms with Crippen LogP contribution in [0.4, 0.5) is 0 Å². The van der Waals surface area contributed by atoms with Crippen molar-refractivity contribution in [2.75, 3.05) is 5.75 Å². The fourth-order valence-corrected chi connectivity index (χ4v) is 2.69. The van der Waals surface area contributed by atoms with Gasteiger partial charge in [0.2, 0.25) is 0 Å². The Balaban J connectivity index is 1.92. The summed E-state index contributed by atoms with van der Waals surface area (Å²) in [6.45, 7) is 2.61. The summed E-state index contributed by atoms with van der Waals surface area (Å²) in [5, 5.41) is 6.95. The van der Waals surface area contributed by atoms with Crippen LogP contribution in [0.15, 0.2) is 40.3 Å². The van der Waals surface area contributed by atoms with Gasteiger partial charge < -0.3 is 0 Å². The smallest absolute Gasteiger partial charge is 0.298 e. The highest BCUT2D eigenvalue weighted by Crippen LogP contribution is 2.14. The van der Waals surface area contributed by atoms with Crippen molar-refractivity contribution >= 4 is 17.5 Å². The predicted molar refractivity (Wildman–Crippen MR) is 79.0 cm³/mol. The van der Waals surface area contributed by atoms with Crippen LogP contribution in [-0.2, 0) is 17.8 Å². The Labute approximate surface area is 121 Å². The topological polar surface area (TPSA) is 67.8 Å². The van der Waals surface area contributed by atoms with Crippen LogP contribution in [0.1, 0.15) is 18.9 Å². The number of carbonyl (C=O) groups excluding carboxylic acids is 1. The lowest BCUT2D eigenvalue weighted by molar-refractivity contribution is -0.116. The number of rotatable bonds is 7. The van der Waals surface area contributed by atoms with Crippen molar-refractivity contribution in [3.63, 3.8) is 0 Å². The highest BCUT2D eigenvalue weighted by atomic mass is 32.2. The number of benzene rings is 1. The van der Waals surface area contributed by atoms with Gasteiger partial charge in [0.05, 0.1) is 5.75 Å². The summed E-state index contributed by atoms with van der Waals surface area (Å²) < 4.78 is 1.57. The molecule has 0 aliphatic heterocycles. The summed E-state index contributed by atoms with van der Waals surface area (Å²) >= 11 is 1.31. The Morgan fingerprint density at radius 1 is 1.35 bits per heavy atom. The second-order valence-electron chi connectivity index (χ2n) is 4.45. The van der Waals surface area contributed by atoms with Crippen LogP contribution in [0.2, 0.25) is 0 Å². The van der Waals surface area contributed by atoms with Gasteiger partial charge in [-0.05, 0) is 12.0 Å². The van der Waals surface area contributed by atoms with Gasteiger partial charge in [-0.2, -0.15) is 0 Å². The third kappa shape index (κ3) is 3.84. The fourth-order valence-electron chi connectivity index (χ4n) is 1.85. The van der Waals surface area contributed by atoms with E-state index in [1.807, 2.05) is 37.3 Å². The van der Waals surface area contributed by atoms with E-state index in [-0.39, 0.29) is 11.5 Å². The van der Waals surface area contributed by atoms with Crippen LogP contribution in [0.5, 0.6) is 0 Å². The molecule has 1 aromatic carbocycles. The number of aromatic nitrogens is 3. The third-order valence-electron chi connectivity index (χ3n) is 2.78. The van der Waals surface area contributed by atoms with E-state index in [1.165, 1.54) is 11.8 Å². The number of hydrogen-bond acceptors (Lipinski definition) is 4. The molecule has 6 heteroatoms. The average molecular weight is 291 g/mol. The molecule has 0 aliphatic carbocycles. The molecule has 0 aliphatic rings. The molecule has 0 fully saturated rings. The molecule has 1 N–H and O–H groups in total. The van der Waals surface area contributed by atoms with Crippen LogP contribution in [0, 0.1) is 0 Å². The zero-order chi connectivity index (χ0) is 14.4. The summed E-state index contributed by atoms with van der Waals surface area (Å²) in [5.74, 6) is 0.447. The molecule has 1 heterocycles. The normalized spacial score (nSPS) is 10.7. The van der Waals surface area contributed by atoms with Crippen molar-refractivity contribution in [3.8, 4) is 0 Å². The molecule has 0 bridgehead atoms. The highest BCUT2D eigenvalue weighted by molar-refractivity contribution is 7.99. The van der Waals surface area contributed by atoms with Crippen molar-refractivity contribution in [3.05, 3.63) is 46.4 Å². The van der Waals surface area contributed by atoms with E-state index < -0.39 is 0 Å². The van der Waals surface area contributed by atoms with Gasteiger partial charge in [-0.25, -0.2) is 9.89 Å². The number of aromatic amines is 1. The summed E-state index contributed by atoms with van der Waals surface area (Å²) in [6, 6.07) is 9.63. The highest BCUT2D eigenvalue weighted by Gasteiger charge is 2.11. The first-order valence-electron chi connectivity index (χ1n) is 6.54. The molecule has 0 atom stereocenters. The quantitative estimate of drug-likeness (QED) is 0.791. The molecule has 0 saturated heterocycles. The third-order valence-corrected chi connectivity index (χ3v) is 3.81. The Hall–Kier alpha value is -1.82. The lowest BCUT2D eigenvalue weighted by atomic mass is 10.1. The number of hydrogen-bond donors (Lipinski definition) is 1. The van der Waals surface area contributed by atoms with Crippen LogP contribution in [-0.4, -0.2) is 26.3 Å². The minimum atomic E-state index is -0.218. The van der Waals surface area contributed by atoms with Gasteiger partial charge in [-0.1, -0.05) is 49.0 Å². The van der Waals surface area contributed by atoms with Gasteiger partial charge in [0.1, 0.15) is 5.78 Å². The second-order valence-corrected chi connectivity index (χ2v) is 5.40. The van der Waals surface area contributed by atoms with E-state index >= 15 is 0 Å². The van der Waals surface area contributed by atoms with E-state index in [4.69, 9.17) is 0 Å². The molecule has 0 radical (unpaired) electrons. The Kier molecular flexibility index (Phi) is 5.17. The summed E-state index contributed by atoms with van der Waals surface area (Å²) in [4.78, 5) is 23.4. The maximum Gasteiger partial charge on any atom is 0.343 e. The largest absolute Gasteiger partial charge is 0.343 e. The summed E-state index contributed by atoms with van der Waals surface area (Å²) in [7, 11) is 0. The molecule has 20 heavy (non-hydrogen) atoms. The van der Waals surface area contributed by atoms with Crippen molar-refractivity contribution in [1.29, 1.82) is 0 Å². The van der Waals surface area contributed by atoms with Crippen LogP contribution >= 0.6 is 11.8 Å². The lowest BCUT2D eigenvalue weighted by Crippen LogP contribution is -2.17. The van der Waals surface area contributed by atoms with Gasteiger partial charge >= 0.3 is 5.69 Å². The number of nitrogens with zero attached hydrogens (tertiary/aromatic N) is 2. The second kappa shape index (κ2) is 7.09. The van der Waals surface area contributed by atoms with E-state index in [9.17, 15) is 9.59 Å². The fraction of sp³-hybridized carbons (Fsp3) is 0.357. The van der Waals surface area contributed by atoms with Gasteiger partial charge in [-0.15, -0.1) is 5.10 Å². The standard InChI is InChI=1S/C14H17N3O2S/c1-2-8-17-13(19)15-16-14(17)20-10-12(18)9-11-6-4-3-5-7-11/h3-7H,2,8-10H2,1H3,(H,15,19). The number of thioether (sulfide) groups is 1. The number of nitrogens with one attached hydrogen (secondary N) is 1. The summed E-state index contributed by atoms with van der Waals surface area (Å²) in [6.07, 6.45) is 1.27. The first-order valence-corrected chi connectivity index (χ1v) is 7.53. The molecule has 5 nitrogen and oxygen atoms in total. The number of ketones is 1. The Morgan fingerprint density at radius 3 is 2.80 bits per heavy atom. The average Bonchev–Trinajstić information content (AvgIpc) is 2.79. The van der Waals surface area contributed by atoms with E-state index in [2.05, 4.69) is 10.2 Å². The van der Waals surface area contributed by atoms with Gasteiger partial charge in [0.15, 0.2) is 5.16 Å². The monoisotopic (exact) mass is 291 g/mol. The van der Waals surface area contributed by atoms with E-state index in [1.54, 1.807) is 4.57 Å². The molecular weight excluding hydrogens is 274 g/mol. The molecule has 2 aromatic rings. The van der Waals surface area contributed by atoms with Crippen molar-refractivity contribution in [2.45, 2.75) is 31.5 Å². The van der Waals surface area contributed by atoms with Gasteiger partial charge in [0, 0.05) is 13.0 Å². The first-order chi connectivity index (χ1) is 9.70. The van der Waals surface area contributed by atoms with E-state index in [0.29, 0.717) is 23.9 Å². The summed E-state index contributed by atoms with van der Waals surface area (Å²) in [5.41, 5.74) is 0.788. The zero-order valence-corrected chi connectivity index (χ0v) is 12.2. The predicted octanol–water partition coefficient (Wildman–Crippen LogP) is 1.89. The van der Waals surface area contributed by atoms with Gasteiger partial charge in [0.25, 0.3) is 0 Å². The number of H-pyrrole nitrogens is 1. The minimum Gasteiger partial charge on any atom is -0.298 e. The van der Waals surface area contributed by atoms with Crippen LogP contribution in [0.3, 0.4) is 0 Å². The first kappa shape index (κ1) is 14.6. The Morgan fingerprint density at radius 2 is 2.10 bits per heavy atom. The molecule has 0 spiro atoms. The number of Topliss-reactive ketones (excluding diaryl/α,β-unsaturated/α-hetero) is 1. The minimum absolute atomic E-state index is 0.125. The molecule has 0 saturated carbocycles. The molecule has 1 aromatic heterocycles. The maximum absolute atomic E-state index is 11.9. The molecule has 0 amide bonds. The van der Waals surface area contributed by atoms with Crippen molar-refractivity contribution in [1.82, 2.24) is 14.8 Å². The SMILES string of the molecule is CCCn1c(SCC(=O)Cc2ccccc2)n[nH]c1=O. The molecular formula is C14H17N3O2S.